The molecule has 0 saturated carbocycles. The standard InChI is InChI=1S/C24H50NO2/c1-5-6-7-8-9-10-11-12-13-14-15-16-17-18-23(2)27-24(3)25(4)19-21-26-22-20-25/h23-24H,5-22H2,1-4H3/q+1. The molecular weight excluding hydrogens is 334 g/mol. The van der Waals surface area contributed by atoms with Crippen LogP contribution in [0, 0.1) is 0 Å². The molecule has 1 aliphatic heterocycles. The minimum absolute atomic E-state index is 0.283. The summed E-state index contributed by atoms with van der Waals surface area (Å²) in [6, 6.07) is 0. The highest BCUT2D eigenvalue weighted by Gasteiger charge is 2.33. The average molecular weight is 385 g/mol. The number of hydrogen-bond donors (Lipinski definition) is 0. The first-order valence-corrected chi connectivity index (χ1v) is 12.2. The van der Waals surface area contributed by atoms with E-state index < -0.39 is 0 Å². The maximum absolute atomic E-state index is 6.32. The zero-order chi connectivity index (χ0) is 19.8. The minimum atomic E-state index is 0.283. The Labute approximate surface area is 170 Å². The highest BCUT2D eigenvalue weighted by Crippen LogP contribution is 2.19. The van der Waals surface area contributed by atoms with E-state index in [4.69, 9.17) is 9.47 Å². The summed E-state index contributed by atoms with van der Waals surface area (Å²) >= 11 is 0. The van der Waals surface area contributed by atoms with Crippen LogP contribution >= 0.6 is 0 Å². The van der Waals surface area contributed by atoms with Crippen LogP contribution < -0.4 is 0 Å². The third-order valence-corrected chi connectivity index (χ3v) is 6.51. The van der Waals surface area contributed by atoms with Crippen molar-refractivity contribution in [2.75, 3.05) is 33.4 Å². The van der Waals surface area contributed by atoms with Crippen molar-refractivity contribution in [1.82, 2.24) is 0 Å². The van der Waals surface area contributed by atoms with Crippen LogP contribution in [0.1, 0.15) is 111 Å². The van der Waals surface area contributed by atoms with Gasteiger partial charge in [0.2, 0.25) is 0 Å². The van der Waals surface area contributed by atoms with E-state index in [0.29, 0.717) is 6.10 Å². The van der Waals surface area contributed by atoms with E-state index in [9.17, 15) is 0 Å². The first-order valence-electron chi connectivity index (χ1n) is 12.2. The molecule has 0 aliphatic carbocycles. The van der Waals surface area contributed by atoms with Crippen LogP contribution in [0.25, 0.3) is 0 Å². The van der Waals surface area contributed by atoms with Gasteiger partial charge in [-0.2, -0.15) is 0 Å². The van der Waals surface area contributed by atoms with Crippen LogP contribution in [0.15, 0.2) is 0 Å². The summed E-state index contributed by atoms with van der Waals surface area (Å²) in [5.74, 6) is 0. The van der Waals surface area contributed by atoms with Gasteiger partial charge in [0.1, 0.15) is 13.1 Å². The van der Waals surface area contributed by atoms with Gasteiger partial charge >= 0.3 is 0 Å². The van der Waals surface area contributed by atoms with Gasteiger partial charge in [-0.25, -0.2) is 0 Å². The third-order valence-electron chi connectivity index (χ3n) is 6.51. The van der Waals surface area contributed by atoms with Crippen molar-refractivity contribution in [2.24, 2.45) is 0 Å². The summed E-state index contributed by atoms with van der Waals surface area (Å²) in [7, 11) is 2.31. The molecule has 1 rings (SSSR count). The van der Waals surface area contributed by atoms with E-state index in [1.54, 1.807) is 0 Å². The molecule has 0 amide bonds. The molecule has 0 aromatic rings. The summed E-state index contributed by atoms with van der Waals surface area (Å²) < 4.78 is 12.8. The van der Waals surface area contributed by atoms with Crippen molar-refractivity contribution < 1.29 is 14.0 Å². The largest absolute Gasteiger partial charge is 0.370 e. The SMILES string of the molecule is CCCCCCCCCCCCCCCC(C)OC(C)[N+]1(C)CCOCC1. The van der Waals surface area contributed by atoms with E-state index in [-0.39, 0.29) is 6.23 Å². The highest BCUT2D eigenvalue weighted by atomic mass is 16.5. The molecule has 0 aromatic heterocycles. The van der Waals surface area contributed by atoms with Gasteiger partial charge in [0.25, 0.3) is 0 Å². The van der Waals surface area contributed by atoms with Crippen molar-refractivity contribution in [3.63, 3.8) is 0 Å². The smallest absolute Gasteiger partial charge is 0.190 e. The molecule has 0 bridgehead atoms. The molecule has 1 saturated heterocycles. The number of quaternary nitrogens is 1. The molecule has 162 valence electrons. The Kier molecular flexibility index (Phi) is 14.5. The number of hydrogen-bond acceptors (Lipinski definition) is 2. The Hall–Kier alpha value is -0.120. The Bertz CT molecular complexity index is 328. The molecule has 27 heavy (non-hydrogen) atoms. The summed E-state index contributed by atoms with van der Waals surface area (Å²) in [5.41, 5.74) is 0. The maximum atomic E-state index is 6.32. The summed E-state index contributed by atoms with van der Waals surface area (Å²) in [4.78, 5) is 0. The molecule has 0 N–H and O–H groups in total. The fourth-order valence-corrected chi connectivity index (χ4v) is 4.12. The summed E-state index contributed by atoms with van der Waals surface area (Å²) in [5, 5.41) is 0. The number of rotatable bonds is 17. The number of nitrogens with zero attached hydrogens (tertiary/aromatic N) is 1. The Morgan fingerprint density at radius 1 is 0.741 bits per heavy atom. The summed E-state index contributed by atoms with van der Waals surface area (Å²) in [6.07, 6.45) is 20.3. The quantitative estimate of drug-likeness (QED) is 0.205. The molecule has 2 unspecified atom stereocenters. The van der Waals surface area contributed by atoms with E-state index in [2.05, 4.69) is 27.8 Å². The van der Waals surface area contributed by atoms with Crippen LogP contribution in [0.5, 0.6) is 0 Å². The molecule has 0 radical (unpaired) electrons. The van der Waals surface area contributed by atoms with Crippen LogP contribution in [0.3, 0.4) is 0 Å². The predicted octanol–water partition coefficient (Wildman–Crippen LogP) is 6.70. The van der Waals surface area contributed by atoms with Crippen LogP contribution in [0.2, 0.25) is 0 Å². The van der Waals surface area contributed by atoms with Crippen LogP contribution in [0.4, 0.5) is 0 Å². The van der Waals surface area contributed by atoms with Crippen LogP contribution in [-0.4, -0.2) is 50.2 Å². The van der Waals surface area contributed by atoms with Crippen molar-refractivity contribution in [3.05, 3.63) is 0 Å². The van der Waals surface area contributed by atoms with Gasteiger partial charge in [-0.05, 0) is 13.3 Å². The van der Waals surface area contributed by atoms with E-state index >= 15 is 0 Å². The topological polar surface area (TPSA) is 18.5 Å². The fraction of sp³-hybridized carbons (Fsp3) is 1.00. The first-order chi connectivity index (χ1) is 13.1. The lowest BCUT2D eigenvalue weighted by molar-refractivity contribution is -0.960. The Morgan fingerprint density at radius 3 is 1.67 bits per heavy atom. The number of morpholine rings is 1. The Morgan fingerprint density at radius 2 is 1.19 bits per heavy atom. The molecule has 0 aromatic carbocycles. The van der Waals surface area contributed by atoms with E-state index in [0.717, 1.165) is 30.8 Å². The lowest BCUT2D eigenvalue weighted by atomic mass is 10.0. The van der Waals surface area contributed by atoms with Gasteiger partial charge in [-0.15, -0.1) is 0 Å². The van der Waals surface area contributed by atoms with Gasteiger partial charge in [0.15, 0.2) is 6.23 Å². The zero-order valence-corrected chi connectivity index (χ0v) is 19.1. The van der Waals surface area contributed by atoms with Gasteiger partial charge in [-0.3, -0.25) is 4.48 Å². The monoisotopic (exact) mass is 384 g/mol. The van der Waals surface area contributed by atoms with Gasteiger partial charge in [-0.1, -0.05) is 90.4 Å². The summed E-state index contributed by atoms with van der Waals surface area (Å²) in [6.45, 7) is 10.7. The molecule has 1 heterocycles. The zero-order valence-electron chi connectivity index (χ0n) is 19.1. The highest BCUT2D eigenvalue weighted by molar-refractivity contribution is 4.56. The predicted molar refractivity (Wildman–Crippen MR) is 117 cm³/mol. The lowest BCUT2D eigenvalue weighted by Gasteiger charge is -2.42. The van der Waals surface area contributed by atoms with E-state index in [1.165, 1.54) is 89.9 Å². The third kappa shape index (κ3) is 12.1. The number of unbranched alkanes of at least 4 members (excludes halogenated alkanes) is 12. The maximum Gasteiger partial charge on any atom is 0.190 e. The molecule has 3 heteroatoms. The minimum Gasteiger partial charge on any atom is -0.370 e. The molecule has 2 atom stereocenters. The molecular formula is C24H50NO2+. The normalized spacial score (nSPS) is 19.1. The number of ether oxygens (including phenoxy) is 2. The number of likely N-dealkylation sites (N-methyl/N-ethyl adjacent to an activating group) is 1. The fourth-order valence-electron chi connectivity index (χ4n) is 4.12. The molecule has 1 fully saturated rings. The van der Waals surface area contributed by atoms with Crippen molar-refractivity contribution >= 4 is 0 Å². The second-order valence-corrected chi connectivity index (χ2v) is 9.12. The van der Waals surface area contributed by atoms with Gasteiger partial charge in [0, 0.05) is 6.92 Å². The second-order valence-electron chi connectivity index (χ2n) is 9.12. The Balaban J connectivity index is 1.88. The lowest BCUT2D eigenvalue weighted by Crippen LogP contribution is -2.58. The average Bonchev–Trinajstić information content (AvgIpc) is 2.66. The van der Waals surface area contributed by atoms with E-state index in [1.807, 2.05) is 0 Å². The second kappa shape index (κ2) is 15.8. The molecule has 1 aliphatic rings. The first kappa shape index (κ1) is 24.9. The van der Waals surface area contributed by atoms with Crippen molar-refractivity contribution in [1.29, 1.82) is 0 Å². The van der Waals surface area contributed by atoms with Crippen molar-refractivity contribution in [3.8, 4) is 0 Å². The van der Waals surface area contributed by atoms with Crippen LogP contribution in [-0.2, 0) is 9.47 Å². The molecule has 3 nitrogen and oxygen atoms in total. The van der Waals surface area contributed by atoms with Crippen molar-refractivity contribution in [2.45, 2.75) is 123 Å². The molecule has 0 spiro atoms. The van der Waals surface area contributed by atoms with Gasteiger partial charge < -0.3 is 9.47 Å². The van der Waals surface area contributed by atoms with Gasteiger partial charge in [0.05, 0.1) is 26.4 Å².